The van der Waals surface area contributed by atoms with Crippen molar-refractivity contribution in [3.05, 3.63) is 35.0 Å². The molecule has 0 radical (unpaired) electrons. The highest BCUT2D eigenvalue weighted by atomic mass is 16.4. The lowest BCUT2D eigenvalue weighted by molar-refractivity contribution is -0.134. The van der Waals surface area contributed by atoms with E-state index in [0.29, 0.717) is 11.6 Å². The van der Waals surface area contributed by atoms with Gasteiger partial charge in [0.25, 0.3) is 5.97 Å². The summed E-state index contributed by atoms with van der Waals surface area (Å²) in [6, 6.07) is 4.30. The van der Waals surface area contributed by atoms with E-state index in [-0.39, 0.29) is 5.91 Å². The Morgan fingerprint density at radius 1 is 1.23 bits per heavy atom. The highest BCUT2D eigenvalue weighted by Gasteiger charge is 2.28. The number of rotatable bonds is 6. The normalized spacial score (nSPS) is 15.6. The van der Waals surface area contributed by atoms with Gasteiger partial charge in [-0.2, -0.15) is 0 Å². The van der Waals surface area contributed by atoms with E-state index < -0.39 is 5.97 Å². The minimum atomic E-state index is -0.833. The van der Waals surface area contributed by atoms with Gasteiger partial charge in [-0.1, -0.05) is 13.8 Å². The predicted octanol–water partition coefficient (Wildman–Crippen LogP) is 2.95. The molecule has 6 nitrogen and oxygen atoms in total. The Bertz CT molecular complexity index is 772. The number of hydrogen-bond donors (Lipinski definition) is 3. The Labute approximate surface area is 154 Å². The molecular weight excluding hydrogens is 330 g/mol. The van der Waals surface area contributed by atoms with Crippen molar-refractivity contribution in [2.24, 2.45) is 5.73 Å². The molecule has 1 aliphatic rings. The number of aliphatic carboxylic acids is 1. The lowest BCUT2D eigenvalue weighted by Crippen LogP contribution is -2.41. The van der Waals surface area contributed by atoms with Crippen LogP contribution in [0.25, 0.3) is 10.9 Å². The summed E-state index contributed by atoms with van der Waals surface area (Å²) in [5.41, 5.74) is 9.86. The van der Waals surface area contributed by atoms with Crippen molar-refractivity contribution < 1.29 is 14.7 Å². The molecule has 0 spiro atoms. The lowest BCUT2D eigenvalue weighted by atomic mass is 9.85. The van der Waals surface area contributed by atoms with Crippen LogP contribution in [0.3, 0.4) is 0 Å². The Balaban J connectivity index is 0.000000552. The van der Waals surface area contributed by atoms with E-state index in [1.165, 1.54) is 10.9 Å². The van der Waals surface area contributed by atoms with Gasteiger partial charge in [-0.15, -0.1) is 0 Å². The number of carbonyl (C=O) groups is 2. The molecule has 1 aromatic heterocycles. The summed E-state index contributed by atoms with van der Waals surface area (Å²) in [6.07, 6.45) is 6.38. The fraction of sp³-hybridized carbons (Fsp3) is 0.500. The van der Waals surface area contributed by atoms with Gasteiger partial charge in [0.1, 0.15) is 0 Å². The van der Waals surface area contributed by atoms with Crippen LogP contribution in [0.4, 0.5) is 0 Å². The second kappa shape index (κ2) is 8.85. The van der Waals surface area contributed by atoms with Crippen LogP contribution in [0.5, 0.6) is 0 Å². The first kappa shape index (κ1) is 20.0. The van der Waals surface area contributed by atoms with E-state index in [1.54, 1.807) is 0 Å². The van der Waals surface area contributed by atoms with Crippen LogP contribution < -0.4 is 5.73 Å². The number of H-pyrrole nitrogens is 1. The molecule has 3 rings (SSSR count). The minimum absolute atomic E-state index is 0.317. The summed E-state index contributed by atoms with van der Waals surface area (Å²) < 4.78 is 0. The second-order valence-corrected chi connectivity index (χ2v) is 6.81. The third-order valence-corrected chi connectivity index (χ3v) is 4.73. The Hall–Kier alpha value is -2.34. The SMILES string of the molecule is CC(=O)O.CCCN(CCC)C1Cc2c[nH]c3ccc(C(N)=O)c(c23)C1. The van der Waals surface area contributed by atoms with Crippen molar-refractivity contribution >= 4 is 22.8 Å². The molecule has 26 heavy (non-hydrogen) atoms. The fourth-order valence-corrected chi connectivity index (χ4v) is 3.85. The zero-order valence-electron chi connectivity index (χ0n) is 15.8. The van der Waals surface area contributed by atoms with Crippen molar-refractivity contribution in [2.45, 2.75) is 52.5 Å². The first-order valence-electron chi connectivity index (χ1n) is 9.24. The third kappa shape index (κ3) is 4.43. The molecule has 0 fully saturated rings. The summed E-state index contributed by atoms with van der Waals surface area (Å²) in [5, 5.41) is 8.64. The number of carboxylic acid groups (broad SMARTS) is 1. The number of carboxylic acids is 1. The first-order valence-corrected chi connectivity index (χ1v) is 9.24. The van der Waals surface area contributed by atoms with Crippen molar-refractivity contribution in [1.29, 1.82) is 0 Å². The molecule has 0 aliphatic heterocycles. The van der Waals surface area contributed by atoms with E-state index in [2.05, 4.69) is 29.9 Å². The van der Waals surface area contributed by atoms with Crippen molar-refractivity contribution in [3.8, 4) is 0 Å². The number of aromatic amines is 1. The zero-order valence-corrected chi connectivity index (χ0v) is 15.8. The van der Waals surface area contributed by atoms with Crippen LogP contribution in [-0.2, 0) is 17.6 Å². The van der Waals surface area contributed by atoms with Crippen LogP contribution in [0.15, 0.2) is 18.3 Å². The molecule has 1 aliphatic carbocycles. The Morgan fingerprint density at radius 3 is 2.38 bits per heavy atom. The number of nitrogens with two attached hydrogens (primary N) is 1. The summed E-state index contributed by atoms with van der Waals surface area (Å²) in [6.45, 7) is 7.76. The molecule has 0 saturated heterocycles. The molecule has 2 aromatic rings. The topological polar surface area (TPSA) is 99.4 Å². The largest absolute Gasteiger partial charge is 0.481 e. The summed E-state index contributed by atoms with van der Waals surface area (Å²) in [4.78, 5) is 26.7. The average Bonchev–Trinajstić information content (AvgIpc) is 2.98. The average molecular weight is 359 g/mol. The zero-order chi connectivity index (χ0) is 19.3. The number of nitrogens with zero attached hydrogens (tertiary/aromatic N) is 1. The number of primary amides is 1. The van der Waals surface area contributed by atoms with Crippen LogP contribution in [0, 0.1) is 0 Å². The van der Waals surface area contributed by atoms with Crippen molar-refractivity contribution in [3.63, 3.8) is 0 Å². The summed E-state index contributed by atoms with van der Waals surface area (Å²) in [5.74, 6) is -1.15. The maximum atomic E-state index is 11.8. The second-order valence-electron chi connectivity index (χ2n) is 6.81. The Kier molecular flexibility index (Phi) is 6.80. The van der Waals surface area contributed by atoms with Crippen LogP contribution in [-0.4, -0.2) is 46.0 Å². The summed E-state index contributed by atoms with van der Waals surface area (Å²) >= 11 is 0. The van der Waals surface area contributed by atoms with Gasteiger partial charge in [-0.05, 0) is 62.0 Å². The van der Waals surface area contributed by atoms with Crippen LogP contribution in [0.1, 0.15) is 55.1 Å². The van der Waals surface area contributed by atoms with E-state index in [1.807, 2.05) is 12.1 Å². The number of benzene rings is 1. The highest BCUT2D eigenvalue weighted by Crippen LogP contribution is 2.33. The molecular formula is C20H29N3O3. The number of nitrogens with one attached hydrogen (secondary N) is 1. The molecule has 1 aromatic carbocycles. The highest BCUT2D eigenvalue weighted by molar-refractivity contribution is 6.01. The maximum absolute atomic E-state index is 11.8. The molecule has 1 amide bonds. The third-order valence-electron chi connectivity index (χ3n) is 4.73. The molecule has 6 heteroatoms. The molecule has 142 valence electrons. The van der Waals surface area contributed by atoms with Crippen molar-refractivity contribution in [2.75, 3.05) is 13.1 Å². The molecule has 0 bridgehead atoms. The lowest BCUT2D eigenvalue weighted by Gasteiger charge is -2.34. The van der Waals surface area contributed by atoms with E-state index in [4.69, 9.17) is 15.6 Å². The minimum Gasteiger partial charge on any atom is -0.481 e. The molecule has 0 saturated carbocycles. The van der Waals surface area contributed by atoms with Gasteiger partial charge in [0, 0.05) is 35.6 Å². The van der Waals surface area contributed by atoms with Gasteiger partial charge >= 0.3 is 0 Å². The van der Waals surface area contributed by atoms with Gasteiger partial charge in [-0.25, -0.2) is 0 Å². The fourth-order valence-electron chi connectivity index (χ4n) is 3.85. The molecule has 4 N–H and O–H groups in total. The number of carbonyl (C=O) groups excluding carboxylic acids is 1. The van der Waals surface area contributed by atoms with E-state index in [9.17, 15) is 4.79 Å². The predicted molar refractivity (Wildman–Crippen MR) is 103 cm³/mol. The number of hydrogen-bond acceptors (Lipinski definition) is 3. The Morgan fingerprint density at radius 2 is 1.85 bits per heavy atom. The summed E-state index contributed by atoms with van der Waals surface area (Å²) in [7, 11) is 0. The van der Waals surface area contributed by atoms with Gasteiger partial charge in [0.15, 0.2) is 0 Å². The van der Waals surface area contributed by atoms with Gasteiger partial charge in [0.05, 0.1) is 0 Å². The maximum Gasteiger partial charge on any atom is 0.300 e. The van der Waals surface area contributed by atoms with E-state index in [0.717, 1.165) is 56.8 Å². The smallest absolute Gasteiger partial charge is 0.300 e. The van der Waals surface area contributed by atoms with Gasteiger partial charge in [-0.3, -0.25) is 14.5 Å². The standard InChI is InChI=1S/C18H25N3O.C2H4O2/c1-3-7-21(8-4-2)13-9-12-11-20-16-6-5-14(18(19)22)15(10-13)17(12)16;1-2(3)4/h5-6,11,13,20H,3-4,7-10H2,1-2H3,(H2,19,22);1H3,(H,3,4). The quantitative estimate of drug-likeness (QED) is 0.738. The number of aromatic nitrogens is 1. The van der Waals surface area contributed by atoms with Gasteiger partial charge < -0.3 is 15.8 Å². The van der Waals surface area contributed by atoms with Gasteiger partial charge in [0.2, 0.25) is 5.91 Å². The molecule has 1 atom stereocenters. The first-order chi connectivity index (χ1) is 12.4. The van der Waals surface area contributed by atoms with Crippen LogP contribution in [0.2, 0.25) is 0 Å². The van der Waals surface area contributed by atoms with E-state index >= 15 is 0 Å². The number of amides is 1. The van der Waals surface area contributed by atoms with Crippen LogP contribution >= 0.6 is 0 Å². The molecule has 1 unspecified atom stereocenters. The molecule has 1 heterocycles. The monoisotopic (exact) mass is 359 g/mol. The van der Waals surface area contributed by atoms with Crippen molar-refractivity contribution in [1.82, 2.24) is 9.88 Å².